The maximum absolute atomic E-state index is 12.0. The highest BCUT2D eigenvalue weighted by Gasteiger charge is 2.27. The molecule has 20 heavy (non-hydrogen) atoms. The van der Waals surface area contributed by atoms with Crippen LogP contribution < -0.4 is 14.8 Å². The molecule has 0 aromatic heterocycles. The molecule has 0 radical (unpaired) electrons. The van der Waals surface area contributed by atoms with E-state index in [2.05, 4.69) is 12.2 Å². The highest BCUT2D eigenvalue weighted by molar-refractivity contribution is 5.45. The minimum absolute atomic E-state index is 0.147. The number of nitrogens with one attached hydrogen (secondary N) is 1. The van der Waals surface area contributed by atoms with Gasteiger partial charge < -0.3 is 14.8 Å². The van der Waals surface area contributed by atoms with Crippen molar-refractivity contribution in [3.05, 3.63) is 23.8 Å². The number of alkyl halides is 3. The zero-order valence-electron chi connectivity index (χ0n) is 11.3. The van der Waals surface area contributed by atoms with Crippen LogP contribution in [0.1, 0.15) is 31.4 Å². The van der Waals surface area contributed by atoms with Gasteiger partial charge in [0.1, 0.15) is 18.1 Å². The van der Waals surface area contributed by atoms with E-state index in [-0.39, 0.29) is 12.6 Å². The van der Waals surface area contributed by atoms with Crippen LogP contribution in [-0.4, -0.2) is 25.9 Å². The van der Waals surface area contributed by atoms with Crippen LogP contribution in [0.15, 0.2) is 18.2 Å². The number of hydrogen-bond donors (Lipinski definition) is 1. The van der Waals surface area contributed by atoms with Gasteiger partial charge in [0.15, 0.2) is 0 Å². The first-order valence-electron chi connectivity index (χ1n) is 6.69. The number of rotatable bonds is 6. The lowest BCUT2D eigenvalue weighted by molar-refractivity contribution is -0.139. The number of fused-ring (bicyclic) bond motifs is 1. The largest absolute Gasteiger partial charge is 0.493 e. The molecule has 0 fully saturated rings. The van der Waals surface area contributed by atoms with Crippen molar-refractivity contribution in [3.63, 3.8) is 0 Å². The fourth-order valence-corrected chi connectivity index (χ4v) is 2.05. The summed E-state index contributed by atoms with van der Waals surface area (Å²) in [5, 5.41) is 3.36. The molecule has 112 valence electrons. The summed E-state index contributed by atoms with van der Waals surface area (Å²) in [6.07, 6.45) is -4.11. The molecular weight excluding hydrogens is 271 g/mol. The zero-order chi connectivity index (χ0) is 14.6. The van der Waals surface area contributed by atoms with Gasteiger partial charge >= 0.3 is 6.18 Å². The van der Waals surface area contributed by atoms with Gasteiger partial charge in [0, 0.05) is 11.6 Å². The molecule has 6 heteroatoms. The molecule has 1 atom stereocenters. The highest BCUT2D eigenvalue weighted by atomic mass is 19.4. The lowest BCUT2D eigenvalue weighted by Gasteiger charge is -2.11. The maximum atomic E-state index is 12.0. The molecule has 2 rings (SSSR count). The average molecular weight is 289 g/mol. The molecule has 1 unspecified atom stereocenters. The van der Waals surface area contributed by atoms with Gasteiger partial charge in [0.05, 0.1) is 19.1 Å². The summed E-state index contributed by atoms with van der Waals surface area (Å²) >= 11 is 0. The molecule has 0 bridgehead atoms. The van der Waals surface area contributed by atoms with Crippen LogP contribution >= 0.6 is 0 Å². The van der Waals surface area contributed by atoms with Crippen molar-refractivity contribution in [1.29, 1.82) is 0 Å². The van der Waals surface area contributed by atoms with E-state index < -0.39 is 12.6 Å². The molecule has 1 aliphatic heterocycles. The van der Waals surface area contributed by atoms with Gasteiger partial charge in [-0.2, -0.15) is 13.2 Å². The Morgan fingerprint density at radius 1 is 1.40 bits per heavy atom. The SMILES string of the molecule is CCCNC1COc2cc(OCCC(F)(F)F)ccc21. The van der Waals surface area contributed by atoms with Crippen molar-refractivity contribution in [2.24, 2.45) is 0 Å². The van der Waals surface area contributed by atoms with Gasteiger partial charge in [-0.3, -0.25) is 0 Å². The fraction of sp³-hybridized carbons (Fsp3) is 0.571. The van der Waals surface area contributed by atoms with E-state index in [4.69, 9.17) is 9.47 Å². The van der Waals surface area contributed by atoms with Crippen molar-refractivity contribution in [3.8, 4) is 11.5 Å². The Morgan fingerprint density at radius 2 is 2.20 bits per heavy atom. The number of ether oxygens (including phenoxy) is 2. The van der Waals surface area contributed by atoms with E-state index >= 15 is 0 Å². The van der Waals surface area contributed by atoms with Crippen LogP contribution in [0, 0.1) is 0 Å². The molecule has 0 spiro atoms. The number of hydrogen-bond acceptors (Lipinski definition) is 3. The fourth-order valence-electron chi connectivity index (χ4n) is 2.05. The number of benzene rings is 1. The highest BCUT2D eigenvalue weighted by Crippen LogP contribution is 2.35. The molecule has 0 amide bonds. The van der Waals surface area contributed by atoms with Crippen LogP contribution in [0.5, 0.6) is 11.5 Å². The number of halogens is 3. The van der Waals surface area contributed by atoms with E-state index in [1.54, 1.807) is 12.1 Å². The van der Waals surface area contributed by atoms with Gasteiger partial charge in [-0.15, -0.1) is 0 Å². The standard InChI is InChI=1S/C14H18F3NO2/c1-2-6-18-12-9-20-13-8-10(3-4-11(12)13)19-7-5-14(15,16)17/h3-4,8,12,18H,2,5-7,9H2,1H3. The quantitative estimate of drug-likeness (QED) is 0.870. The minimum atomic E-state index is -4.19. The van der Waals surface area contributed by atoms with Gasteiger partial charge in [-0.05, 0) is 25.1 Å². The Balaban J connectivity index is 1.92. The molecular formula is C14H18F3NO2. The third-order valence-electron chi connectivity index (χ3n) is 3.06. The average Bonchev–Trinajstić information content (AvgIpc) is 2.77. The molecule has 1 aromatic carbocycles. The van der Waals surface area contributed by atoms with Gasteiger partial charge in [0.2, 0.25) is 0 Å². The maximum Gasteiger partial charge on any atom is 0.392 e. The molecule has 0 saturated heterocycles. The molecule has 0 saturated carbocycles. The van der Waals surface area contributed by atoms with Gasteiger partial charge in [-0.1, -0.05) is 6.92 Å². The molecule has 1 N–H and O–H groups in total. The van der Waals surface area contributed by atoms with Crippen LogP contribution in [0.2, 0.25) is 0 Å². The summed E-state index contributed by atoms with van der Waals surface area (Å²) in [6, 6.07) is 5.33. The molecule has 0 aliphatic carbocycles. The Morgan fingerprint density at radius 3 is 2.90 bits per heavy atom. The van der Waals surface area contributed by atoms with Crippen LogP contribution in [0.4, 0.5) is 13.2 Å². The summed E-state index contributed by atoms with van der Waals surface area (Å²) in [4.78, 5) is 0. The molecule has 3 nitrogen and oxygen atoms in total. The molecule has 1 aliphatic rings. The van der Waals surface area contributed by atoms with Crippen molar-refractivity contribution in [2.45, 2.75) is 32.0 Å². The van der Waals surface area contributed by atoms with E-state index in [1.165, 1.54) is 0 Å². The lowest BCUT2D eigenvalue weighted by atomic mass is 10.1. The van der Waals surface area contributed by atoms with Crippen molar-refractivity contribution in [2.75, 3.05) is 19.8 Å². The van der Waals surface area contributed by atoms with Crippen LogP contribution in [-0.2, 0) is 0 Å². The topological polar surface area (TPSA) is 30.5 Å². The van der Waals surface area contributed by atoms with Crippen molar-refractivity contribution >= 4 is 0 Å². The predicted octanol–water partition coefficient (Wildman–Crippen LogP) is 3.45. The summed E-state index contributed by atoms with van der Waals surface area (Å²) in [5.41, 5.74) is 1.03. The summed E-state index contributed by atoms with van der Waals surface area (Å²) in [7, 11) is 0. The second kappa shape index (κ2) is 6.35. The van der Waals surface area contributed by atoms with E-state index in [1.807, 2.05) is 6.07 Å². The summed E-state index contributed by atoms with van der Waals surface area (Å²) in [5.74, 6) is 1.09. The third kappa shape index (κ3) is 4.03. The second-order valence-corrected chi connectivity index (χ2v) is 4.73. The summed E-state index contributed by atoms with van der Waals surface area (Å²) < 4.78 is 46.7. The Kier molecular flexibility index (Phi) is 4.75. The first-order chi connectivity index (χ1) is 9.49. The van der Waals surface area contributed by atoms with Crippen molar-refractivity contribution < 1.29 is 22.6 Å². The van der Waals surface area contributed by atoms with Crippen LogP contribution in [0.25, 0.3) is 0 Å². The molecule has 1 heterocycles. The summed E-state index contributed by atoms with van der Waals surface area (Å²) in [6.45, 7) is 3.15. The minimum Gasteiger partial charge on any atom is -0.493 e. The first kappa shape index (κ1) is 15.0. The van der Waals surface area contributed by atoms with Gasteiger partial charge in [0.25, 0.3) is 0 Å². The Hall–Kier alpha value is -1.43. The van der Waals surface area contributed by atoms with E-state index in [0.29, 0.717) is 18.1 Å². The Bertz CT molecular complexity index is 449. The smallest absolute Gasteiger partial charge is 0.392 e. The molecule has 1 aromatic rings. The predicted molar refractivity (Wildman–Crippen MR) is 69.1 cm³/mol. The second-order valence-electron chi connectivity index (χ2n) is 4.73. The van der Waals surface area contributed by atoms with E-state index in [0.717, 1.165) is 18.5 Å². The van der Waals surface area contributed by atoms with E-state index in [9.17, 15) is 13.2 Å². The van der Waals surface area contributed by atoms with Crippen LogP contribution in [0.3, 0.4) is 0 Å². The normalized spacial score (nSPS) is 17.7. The monoisotopic (exact) mass is 289 g/mol. The van der Waals surface area contributed by atoms with Crippen molar-refractivity contribution in [1.82, 2.24) is 5.32 Å². The zero-order valence-corrected chi connectivity index (χ0v) is 11.3. The first-order valence-corrected chi connectivity index (χ1v) is 6.69. The lowest BCUT2D eigenvalue weighted by Crippen LogP contribution is -2.22. The Labute approximate surface area is 116 Å². The third-order valence-corrected chi connectivity index (χ3v) is 3.06. The van der Waals surface area contributed by atoms with Gasteiger partial charge in [-0.25, -0.2) is 0 Å².